The lowest BCUT2D eigenvalue weighted by Crippen LogP contribution is -1.83. The summed E-state index contributed by atoms with van der Waals surface area (Å²) in [5, 5.41) is 0.553. The molecule has 0 aliphatic rings. The van der Waals surface area contributed by atoms with E-state index in [9.17, 15) is 4.79 Å². The van der Waals surface area contributed by atoms with Gasteiger partial charge in [-0.05, 0) is 12.1 Å². The van der Waals surface area contributed by atoms with Crippen LogP contribution in [0.3, 0.4) is 0 Å². The van der Waals surface area contributed by atoms with Gasteiger partial charge in [0.2, 0.25) is 0 Å². The number of hydrogen-bond donors (Lipinski definition) is 0. The molecule has 0 atom stereocenters. The molecule has 72 valence electrons. The topological polar surface area (TPSA) is 17.1 Å². The molecular formula is C11H8Cl2O. The van der Waals surface area contributed by atoms with Gasteiger partial charge in [-0.25, -0.2) is 0 Å². The molecule has 1 nitrogen and oxygen atoms in total. The molecule has 1 aromatic rings. The fourth-order valence-electron chi connectivity index (χ4n) is 0.917. The molecule has 0 saturated heterocycles. The molecule has 0 fully saturated rings. The lowest BCUT2D eigenvalue weighted by atomic mass is 10.1. The molecule has 3 heteroatoms. The highest BCUT2D eigenvalue weighted by atomic mass is 35.5. The molecule has 14 heavy (non-hydrogen) atoms. The third kappa shape index (κ3) is 3.06. The summed E-state index contributed by atoms with van der Waals surface area (Å²) >= 11 is 11.4. The number of carbonyl (C=O) groups excluding carboxylic acids is 1. The predicted octanol–water partition coefficient (Wildman–Crippen LogP) is 3.13. The summed E-state index contributed by atoms with van der Waals surface area (Å²) in [5.41, 5.74) is 1.24. The molecule has 0 aromatic heterocycles. The van der Waals surface area contributed by atoms with Gasteiger partial charge < -0.3 is 0 Å². The molecule has 0 radical (unpaired) electrons. The van der Waals surface area contributed by atoms with E-state index in [0.717, 1.165) is 6.29 Å². The lowest BCUT2D eigenvalue weighted by Gasteiger charge is -1.96. The fourth-order valence-corrected chi connectivity index (χ4v) is 1.18. The molecule has 0 saturated carbocycles. The van der Waals surface area contributed by atoms with Gasteiger partial charge in [-0.3, -0.25) is 4.79 Å². The van der Waals surface area contributed by atoms with Gasteiger partial charge in [0.25, 0.3) is 0 Å². The molecule has 0 aliphatic carbocycles. The first-order valence-electron chi connectivity index (χ1n) is 4.07. The maximum absolute atomic E-state index is 10.5. The number of benzene rings is 1. The zero-order chi connectivity index (χ0) is 10.4. The van der Waals surface area contributed by atoms with Gasteiger partial charge in [0.05, 0.1) is 5.02 Å². The van der Waals surface area contributed by atoms with Crippen LogP contribution >= 0.6 is 23.2 Å². The van der Waals surface area contributed by atoms with Crippen molar-refractivity contribution in [2.24, 2.45) is 0 Å². The Morgan fingerprint density at radius 1 is 1.43 bits per heavy atom. The summed E-state index contributed by atoms with van der Waals surface area (Å²) in [6.07, 6.45) is 1.38. The van der Waals surface area contributed by atoms with Gasteiger partial charge in [0.15, 0.2) is 0 Å². The Hall–Kier alpha value is -0.970. The molecule has 1 rings (SSSR count). The van der Waals surface area contributed by atoms with Gasteiger partial charge >= 0.3 is 0 Å². The van der Waals surface area contributed by atoms with E-state index < -0.39 is 0 Å². The quantitative estimate of drug-likeness (QED) is 0.431. The molecule has 0 bridgehead atoms. The number of rotatable bonds is 2. The molecule has 0 N–H and O–H groups in total. The van der Waals surface area contributed by atoms with Gasteiger partial charge in [0.1, 0.15) is 6.29 Å². The van der Waals surface area contributed by atoms with Gasteiger partial charge in [-0.2, -0.15) is 0 Å². The Balaban J connectivity index is 2.96. The van der Waals surface area contributed by atoms with E-state index in [0.29, 0.717) is 28.5 Å². The molecule has 0 spiro atoms. The van der Waals surface area contributed by atoms with Crippen LogP contribution in [0, 0.1) is 11.8 Å². The Morgan fingerprint density at radius 3 is 2.86 bits per heavy atom. The van der Waals surface area contributed by atoms with Crippen molar-refractivity contribution in [1.29, 1.82) is 0 Å². The highest BCUT2D eigenvalue weighted by Crippen LogP contribution is 2.15. The molecule has 0 unspecified atom stereocenters. The lowest BCUT2D eigenvalue weighted by molar-refractivity contribution is 0.112. The van der Waals surface area contributed by atoms with Crippen LogP contribution in [0.4, 0.5) is 0 Å². The Morgan fingerprint density at radius 2 is 2.21 bits per heavy atom. The van der Waals surface area contributed by atoms with Gasteiger partial charge in [-0.15, -0.1) is 11.6 Å². The van der Waals surface area contributed by atoms with Crippen LogP contribution in [-0.4, -0.2) is 12.2 Å². The summed E-state index contributed by atoms with van der Waals surface area (Å²) in [4.78, 5) is 10.5. The van der Waals surface area contributed by atoms with Crippen LogP contribution in [0.2, 0.25) is 5.02 Å². The van der Waals surface area contributed by atoms with Crippen molar-refractivity contribution < 1.29 is 4.79 Å². The summed E-state index contributed by atoms with van der Waals surface area (Å²) in [5.74, 6) is 6.22. The molecular weight excluding hydrogens is 219 g/mol. The van der Waals surface area contributed by atoms with Crippen molar-refractivity contribution in [3.05, 3.63) is 34.3 Å². The van der Waals surface area contributed by atoms with Crippen molar-refractivity contribution in [2.75, 3.05) is 5.88 Å². The zero-order valence-electron chi connectivity index (χ0n) is 7.39. The first-order chi connectivity index (χ1) is 6.77. The number of hydrogen-bond acceptors (Lipinski definition) is 1. The zero-order valence-corrected chi connectivity index (χ0v) is 8.90. The number of carbonyl (C=O) groups is 1. The van der Waals surface area contributed by atoms with E-state index in [4.69, 9.17) is 23.2 Å². The SMILES string of the molecule is O=Cc1ccc(Cl)c(C#CCCCl)c1. The highest BCUT2D eigenvalue weighted by molar-refractivity contribution is 6.31. The minimum Gasteiger partial charge on any atom is -0.298 e. The summed E-state index contributed by atoms with van der Waals surface area (Å²) in [7, 11) is 0. The molecule has 1 aromatic carbocycles. The summed E-state index contributed by atoms with van der Waals surface area (Å²) < 4.78 is 0. The maximum atomic E-state index is 10.5. The van der Waals surface area contributed by atoms with E-state index in [2.05, 4.69) is 11.8 Å². The second kappa shape index (κ2) is 5.70. The number of aldehydes is 1. The van der Waals surface area contributed by atoms with E-state index >= 15 is 0 Å². The van der Waals surface area contributed by atoms with Crippen molar-refractivity contribution in [3.8, 4) is 11.8 Å². The van der Waals surface area contributed by atoms with E-state index in [1.165, 1.54) is 0 Å². The standard InChI is InChI=1S/C11H8Cl2O/c12-6-2-1-3-10-7-9(8-14)4-5-11(10)13/h4-5,7-8H,2,6H2. The monoisotopic (exact) mass is 226 g/mol. The van der Waals surface area contributed by atoms with Crippen molar-refractivity contribution >= 4 is 29.5 Å². The fraction of sp³-hybridized carbons (Fsp3) is 0.182. The third-order valence-corrected chi connectivity index (χ3v) is 2.09. The summed E-state index contributed by atoms with van der Waals surface area (Å²) in [6.45, 7) is 0. The second-order valence-electron chi connectivity index (χ2n) is 2.60. The van der Waals surface area contributed by atoms with Crippen LogP contribution in [-0.2, 0) is 0 Å². The minimum absolute atomic E-state index is 0.498. The number of halogens is 2. The first kappa shape index (κ1) is 11.1. The predicted molar refractivity (Wildman–Crippen MR) is 59.1 cm³/mol. The third-order valence-electron chi connectivity index (χ3n) is 1.57. The Labute approximate surface area is 93.0 Å². The van der Waals surface area contributed by atoms with Crippen LogP contribution in [0.1, 0.15) is 22.3 Å². The van der Waals surface area contributed by atoms with Crippen LogP contribution in [0.15, 0.2) is 18.2 Å². The maximum Gasteiger partial charge on any atom is 0.150 e. The van der Waals surface area contributed by atoms with E-state index in [1.54, 1.807) is 18.2 Å². The normalized spacial score (nSPS) is 9.00. The van der Waals surface area contributed by atoms with Crippen molar-refractivity contribution in [2.45, 2.75) is 6.42 Å². The van der Waals surface area contributed by atoms with Crippen molar-refractivity contribution in [3.63, 3.8) is 0 Å². The molecule has 0 heterocycles. The Kier molecular flexibility index (Phi) is 4.52. The smallest absolute Gasteiger partial charge is 0.150 e. The largest absolute Gasteiger partial charge is 0.298 e. The average Bonchev–Trinajstić information content (AvgIpc) is 2.21. The number of alkyl halides is 1. The van der Waals surface area contributed by atoms with Crippen LogP contribution in [0.5, 0.6) is 0 Å². The van der Waals surface area contributed by atoms with Crippen LogP contribution < -0.4 is 0 Å². The van der Waals surface area contributed by atoms with Gasteiger partial charge in [-0.1, -0.05) is 29.5 Å². The first-order valence-corrected chi connectivity index (χ1v) is 4.98. The molecule has 0 amide bonds. The van der Waals surface area contributed by atoms with Gasteiger partial charge in [0, 0.05) is 23.4 Å². The van der Waals surface area contributed by atoms with E-state index in [-0.39, 0.29) is 0 Å². The second-order valence-corrected chi connectivity index (χ2v) is 3.38. The van der Waals surface area contributed by atoms with E-state index in [1.807, 2.05) is 0 Å². The summed E-state index contributed by atoms with van der Waals surface area (Å²) in [6, 6.07) is 4.98. The Bertz CT molecular complexity index is 388. The van der Waals surface area contributed by atoms with Crippen molar-refractivity contribution in [1.82, 2.24) is 0 Å². The average molecular weight is 227 g/mol. The minimum atomic E-state index is 0.498. The van der Waals surface area contributed by atoms with Crippen LogP contribution in [0.25, 0.3) is 0 Å². The molecule has 0 aliphatic heterocycles. The highest BCUT2D eigenvalue weighted by Gasteiger charge is 1.97.